The molecule has 0 heterocycles. The van der Waals surface area contributed by atoms with E-state index in [9.17, 15) is 9.59 Å². The van der Waals surface area contributed by atoms with Gasteiger partial charge in [0.05, 0.1) is 0 Å². The van der Waals surface area contributed by atoms with E-state index in [-0.39, 0.29) is 12.7 Å². The lowest BCUT2D eigenvalue weighted by Gasteiger charge is -2.16. The first-order valence-electron chi connectivity index (χ1n) is 6.87. The lowest BCUT2D eigenvalue weighted by molar-refractivity contribution is -0.144. The molecule has 116 valence electrons. The number of alkyl carbamates (subject to hydrolysis) is 1. The summed E-state index contributed by atoms with van der Waals surface area (Å²) in [6.07, 6.45) is 1.55. The summed E-state index contributed by atoms with van der Waals surface area (Å²) in [6, 6.07) is 8.34. The van der Waals surface area contributed by atoms with E-state index in [1.807, 2.05) is 37.3 Å². The highest BCUT2D eigenvalue weighted by atomic mass is 35.5. The van der Waals surface area contributed by atoms with Gasteiger partial charge in [-0.15, -0.1) is 0 Å². The van der Waals surface area contributed by atoms with Crippen LogP contribution in [0.25, 0.3) is 0 Å². The predicted molar refractivity (Wildman–Crippen MR) is 79.9 cm³/mol. The van der Waals surface area contributed by atoms with Crippen LogP contribution in [0.2, 0.25) is 0 Å². The van der Waals surface area contributed by atoms with Crippen molar-refractivity contribution in [1.82, 2.24) is 5.32 Å². The van der Waals surface area contributed by atoms with Crippen molar-refractivity contribution < 1.29 is 19.1 Å². The Morgan fingerprint density at radius 2 is 1.95 bits per heavy atom. The van der Waals surface area contributed by atoms with Crippen molar-refractivity contribution in [1.29, 1.82) is 0 Å². The molecule has 1 amide bonds. The summed E-state index contributed by atoms with van der Waals surface area (Å²) < 4.78 is 9.80. The van der Waals surface area contributed by atoms with Crippen LogP contribution in [0.3, 0.4) is 0 Å². The molecule has 21 heavy (non-hydrogen) atoms. The maximum Gasteiger partial charge on any atom is 0.408 e. The van der Waals surface area contributed by atoms with Gasteiger partial charge in [-0.05, 0) is 12.0 Å². The molecule has 1 aromatic carbocycles. The third kappa shape index (κ3) is 6.99. The van der Waals surface area contributed by atoms with Crippen molar-refractivity contribution in [3.8, 4) is 0 Å². The zero-order valence-corrected chi connectivity index (χ0v) is 12.8. The highest BCUT2D eigenvalue weighted by Crippen LogP contribution is 2.05. The predicted octanol–water partition coefficient (Wildman–Crippen LogP) is 3.21. The first-order valence-corrected chi connectivity index (χ1v) is 7.40. The van der Waals surface area contributed by atoms with Gasteiger partial charge < -0.3 is 14.8 Å². The number of ether oxygens (including phenoxy) is 2. The Balaban J connectivity index is 2.45. The molecule has 0 saturated carbocycles. The fraction of sp³-hybridized carbons (Fsp3) is 0.467. The molecule has 0 aliphatic carbocycles. The summed E-state index contributed by atoms with van der Waals surface area (Å²) in [4.78, 5) is 23.4. The molecule has 1 N–H and O–H groups in total. The van der Waals surface area contributed by atoms with Crippen molar-refractivity contribution in [2.24, 2.45) is 0 Å². The molecule has 1 rings (SSSR count). The lowest BCUT2D eigenvalue weighted by Crippen LogP contribution is -2.42. The molecule has 0 aromatic heterocycles. The van der Waals surface area contributed by atoms with Gasteiger partial charge in [-0.2, -0.15) is 0 Å². The van der Waals surface area contributed by atoms with Crippen LogP contribution in [0.5, 0.6) is 0 Å². The van der Waals surface area contributed by atoms with Crippen molar-refractivity contribution >= 4 is 23.7 Å². The number of rotatable bonds is 8. The van der Waals surface area contributed by atoms with Crippen LogP contribution in [0.15, 0.2) is 30.3 Å². The fourth-order valence-corrected chi connectivity index (χ4v) is 1.83. The van der Waals surface area contributed by atoms with Crippen molar-refractivity contribution in [2.45, 2.75) is 38.8 Å². The normalized spacial score (nSPS) is 11.5. The van der Waals surface area contributed by atoms with Gasteiger partial charge in [0.25, 0.3) is 0 Å². The van der Waals surface area contributed by atoms with E-state index in [2.05, 4.69) is 5.32 Å². The fourth-order valence-electron chi connectivity index (χ4n) is 1.72. The summed E-state index contributed by atoms with van der Waals surface area (Å²) >= 11 is 5.37. The van der Waals surface area contributed by atoms with E-state index in [4.69, 9.17) is 21.1 Å². The van der Waals surface area contributed by atoms with Crippen molar-refractivity contribution in [3.05, 3.63) is 35.9 Å². The van der Waals surface area contributed by atoms with E-state index in [1.165, 1.54) is 0 Å². The summed E-state index contributed by atoms with van der Waals surface area (Å²) in [5.41, 5.74) is 0.876. The second-order valence-corrected chi connectivity index (χ2v) is 4.69. The molecule has 0 fully saturated rings. The summed E-state index contributed by atoms with van der Waals surface area (Å²) in [7, 11) is 0. The zero-order chi connectivity index (χ0) is 15.5. The summed E-state index contributed by atoms with van der Waals surface area (Å²) in [5, 5.41) is 2.51. The minimum Gasteiger partial charge on any atom is -0.448 e. The number of halogens is 1. The largest absolute Gasteiger partial charge is 0.448 e. The maximum absolute atomic E-state index is 11.7. The quantitative estimate of drug-likeness (QED) is 0.591. The smallest absolute Gasteiger partial charge is 0.408 e. The number of benzene rings is 1. The van der Waals surface area contributed by atoms with Gasteiger partial charge in [0.2, 0.25) is 0 Å². The van der Waals surface area contributed by atoms with Crippen molar-refractivity contribution in [2.75, 3.05) is 6.07 Å². The minimum atomic E-state index is -0.730. The Hall–Kier alpha value is -1.75. The number of esters is 1. The van der Waals surface area contributed by atoms with E-state index in [0.29, 0.717) is 6.42 Å². The Labute approximate surface area is 129 Å². The topological polar surface area (TPSA) is 64.6 Å². The van der Waals surface area contributed by atoms with Gasteiger partial charge in [0, 0.05) is 0 Å². The SMILES string of the molecule is CCCC[C@H](NC(=O)OCc1ccccc1)C(=O)OCCl. The minimum absolute atomic E-state index is 0.151. The van der Waals surface area contributed by atoms with E-state index >= 15 is 0 Å². The molecule has 0 aliphatic heterocycles. The van der Waals surface area contributed by atoms with Crippen LogP contribution < -0.4 is 5.32 Å². The third-order valence-corrected chi connectivity index (χ3v) is 2.94. The molecular weight excluding hydrogens is 294 g/mol. The van der Waals surface area contributed by atoms with E-state index in [0.717, 1.165) is 18.4 Å². The molecule has 0 unspecified atom stereocenters. The van der Waals surface area contributed by atoms with Crippen molar-refractivity contribution in [3.63, 3.8) is 0 Å². The second-order valence-electron chi connectivity index (χ2n) is 4.47. The average Bonchev–Trinajstić information content (AvgIpc) is 2.50. The third-order valence-electron chi connectivity index (χ3n) is 2.83. The molecule has 1 aromatic rings. The zero-order valence-electron chi connectivity index (χ0n) is 12.0. The lowest BCUT2D eigenvalue weighted by atomic mass is 10.1. The highest BCUT2D eigenvalue weighted by molar-refractivity contribution is 6.17. The van der Waals surface area contributed by atoms with Gasteiger partial charge in [-0.1, -0.05) is 61.7 Å². The van der Waals surface area contributed by atoms with Crippen LogP contribution in [0, 0.1) is 0 Å². The molecule has 0 saturated heterocycles. The first-order chi connectivity index (χ1) is 10.2. The van der Waals surface area contributed by atoms with Gasteiger partial charge in [-0.3, -0.25) is 0 Å². The van der Waals surface area contributed by atoms with Crippen LogP contribution in [0.1, 0.15) is 31.7 Å². The molecule has 1 atom stereocenters. The summed E-state index contributed by atoms with van der Waals surface area (Å²) in [5.74, 6) is -0.546. The average molecular weight is 314 g/mol. The Morgan fingerprint density at radius 1 is 1.24 bits per heavy atom. The number of hydrogen-bond acceptors (Lipinski definition) is 4. The van der Waals surface area contributed by atoms with Gasteiger partial charge in [-0.25, -0.2) is 9.59 Å². The maximum atomic E-state index is 11.7. The number of carbonyl (C=O) groups is 2. The number of amides is 1. The Bertz CT molecular complexity index is 439. The van der Waals surface area contributed by atoms with Gasteiger partial charge in [0.1, 0.15) is 12.6 Å². The van der Waals surface area contributed by atoms with Crippen LogP contribution in [0.4, 0.5) is 4.79 Å². The molecule has 6 heteroatoms. The second kappa shape index (κ2) is 10.0. The van der Waals surface area contributed by atoms with Crippen LogP contribution >= 0.6 is 11.6 Å². The molecule has 0 spiro atoms. The Kier molecular flexibility index (Phi) is 8.28. The number of nitrogens with one attached hydrogen (secondary N) is 1. The molecule has 5 nitrogen and oxygen atoms in total. The van der Waals surface area contributed by atoms with Gasteiger partial charge in [0.15, 0.2) is 6.07 Å². The van der Waals surface area contributed by atoms with Crippen LogP contribution in [-0.4, -0.2) is 24.2 Å². The molecular formula is C15H20ClNO4. The molecule has 0 bridgehead atoms. The van der Waals surface area contributed by atoms with E-state index in [1.54, 1.807) is 0 Å². The Morgan fingerprint density at radius 3 is 2.57 bits per heavy atom. The summed E-state index contributed by atoms with van der Waals surface area (Å²) in [6.45, 7) is 2.15. The highest BCUT2D eigenvalue weighted by Gasteiger charge is 2.22. The number of alkyl halides is 1. The number of unbranched alkanes of at least 4 members (excludes halogenated alkanes) is 1. The number of hydrogen-bond donors (Lipinski definition) is 1. The number of carbonyl (C=O) groups excluding carboxylic acids is 2. The molecule has 0 radical (unpaired) electrons. The first kappa shape index (κ1) is 17.3. The molecule has 0 aliphatic rings. The standard InChI is InChI=1S/C15H20ClNO4/c1-2-3-9-13(14(18)21-11-16)17-15(19)20-10-12-7-5-4-6-8-12/h4-8,13H,2-3,9-11H2,1H3,(H,17,19)/t13-/m0/s1. The van der Waals surface area contributed by atoms with Crippen LogP contribution in [-0.2, 0) is 20.9 Å². The monoisotopic (exact) mass is 313 g/mol. The van der Waals surface area contributed by atoms with Gasteiger partial charge >= 0.3 is 12.1 Å². The van der Waals surface area contributed by atoms with E-state index < -0.39 is 18.1 Å².